The number of aromatic nitrogens is 1. The fraction of sp³-hybridized carbons (Fsp3) is 0.750. The minimum Gasteiger partial charge on any atom is -0.313 e. The molecule has 0 spiro atoms. The Bertz CT molecular complexity index is 526. The maximum Gasteiger partial charge on any atom is 0.235 e. The Kier molecular flexibility index (Phi) is 3.77. The van der Waals surface area contributed by atoms with Crippen molar-refractivity contribution in [1.29, 1.82) is 0 Å². The molecule has 0 atom stereocenters. The molecule has 2 N–H and O–H groups in total. The fourth-order valence-electron chi connectivity index (χ4n) is 2.26. The van der Waals surface area contributed by atoms with E-state index in [4.69, 9.17) is 0 Å². The van der Waals surface area contributed by atoms with Gasteiger partial charge in [-0.25, -0.2) is 13.4 Å². The van der Waals surface area contributed by atoms with Crippen LogP contribution in [-0.4, -0.2) is 31.7 Å². The van der Waals surface area contributed by atoms with Gasteiger partial charge in [0.2, 0.25) is 10.0 Å². The van der Waals surface area contributed by atoms with E-state index in [1.54, 1.807) is 0 Å². The number of thiazole rings is 1. The molecule has 0 amide bonds. The third kappa shape index (κ3) is 3.67. The summed E-state index contributed by atoms with van der Waals surface area (Å²) in [6.07, 6.45) is 6.72. The van der Waals surface area contributed by atoms with Crippen molar-refractivity contribution < 1.29 is 8.42 Å². The zero-order valence-corrected chi connectivity index (χ0v) is 12.4. The molecule has 0 saturated heterocycles. The summed E-state index contributed by atoms with van der Waals surface area (Å²) in [5.41, 5.74) is 1.09. The summed E-state index contributed by atoms with van der Waals surface area (Å²) in [7, 11) is -3.27. The Labute approximate surface area is 117 Å². The van der Waals surface area contributed by atoms with Gasteiger partial charge in [0.05, 0.1) is 11.4 Å². The van der Waals surface area contributed by atoms with E-state index in [1.807, 2.05) is 0 Å². The fourth-order valence-corrected chi connectivity index (χ4v) is 4.51. The van der Waals surface area contributed by atoms with Gasteiger partial charge in [0.25, 0.3) is 0 Å². The summed E-state index contributed by atoms with van der Waals surface area (Å²) in [4.78, 5) is 5.65. The Morgan fingerprint density at radius 1 is 1.26 bits per heavy atom. The first-order chi connectivity index (χ1) is 9.12. The van der Waals surface area contributed by atoms with Crippen molar-refractivity contribution in [3.63, 3.8) is 0 Å². The summed E-state index contributed by atoms with van der Waals surface area (Å²) in [6.45, 7) is 0.519. The Balaban J connectivity index is 1.57. The predicted octanol–water partition coefficient (Wildman–Crippen LogP) is 1.52. The molecule has 0 bridgehead atoms. The van der Waals surface area contributed by atoms with Crippen molar-refractivity contribution in [1.82, 2.24) is 10.3 Å². The average molecular weight is 301 g/mol. The van der Waals surface area contributed by atoms with Crippen LogP contribution in [0.3, 0.4) is 0 Å². The van der Waals surface area contributed by atoms with Gasteiger partial charge in [-0.3, -0.25) is 4.72 Å². The molecule has 1 aromatic rings. The van der Waals surface area contributed by atoms with Crippen molar-refractivity contribution >= 4 is 26.5 Å². The average Bonchev–Trinajstić information content (AvgIpc) is 3.07. The molecule has 0 aliphatic heterocycles. The van der Waals surface area contributed by atoms with Crippen molar-refractivity contribution in [3.8, 4) is 0 Å². The molecule has 0 aromatic carbocycles. The largest absolute Gasteiger partial charge is 0.313 e. The molecular weight excluding hydrogens is 282 g/mol. The van der Waals surface area contributed by atoms with Crippen LogP contribution in [0.4, 0.5) is 5.13 Å². The molecule has 2 aliphatic carbocycles. The second kappa shape index (κ2) is 5.38. The summed E-state index contributed by atoms with van der Waals surface area (Å²) in [5.74, 6) is 0.119. The molecule has 3 rings (SSSR count). The molecule has 5 nitrogen and oxygen atoms in total. The van der Waals surface area contributed by atoms with Gasteiger partial charge >= 0.3 is 0 Å². The summed E-state index contributed by atoms with van der Waals surface area (Å²) in [6, 6.07) is 0.544. The highest BCUT2D eigenvalue weighted by molar-refractivity contribution is 7.92. The second-order valence-electron chi connectivity index (χ2n) is 5.25. The number of rotatable bonds is 6. The Hall–Kier alpha value is -0.660. The van der Waals surface area contributed by atoms with Crippen LogP contribution >= 0.6 is 11.3 Å². The van der Waals surface area contributed by atoms with Crippen LogP contribution in [0.5, 0.6) is 0 Å². The van der Waals surface area contributed by atoms with E-state index < -0.39 is 10.0 Å². The lowest BCUT2D eigenvalue weighted by atomic mass is 10.0. The van der Waals surface area contributed by atoms with Crippen LogP contribution in [0.2, 0.25) is 0 Å². The molecular formula is C12H19N3O2S2. The second-order valence-corrected chi connectivity index (χ2v) is 8.17. The van der Waals surface area contributed by atoms with Crippen LogP contribution in [0.25, 0.3) is 0 Å². The molecule has 19 heavy (non-hydrogen) atoms. The lowest BCUT2D eigenvalue weighted by molar-refractivity contribution is 0.595. The number of hydrogen-bond acceptors (Lipinski definition) is 5. The van der Waals surface area contributed by atoms with Gasteiger partial charge in [0, 0.05) is 17.5 Å². The van der Waals surface area contributed by atoms with Crippen LogP contribution in [0, 0.1) is 0 Å². The van der Waals surface area contributed by atoms with Crippen LogP contribution < -0.4 is 10.0 Å². The number of aryl methyl sites for hydroxylation is 2. The molecule has 2 aliphatic rings. The van der Waals surface area contributed by atoms with Crippen LogP contribution in [-0.2, 0) is 22.9 Å². The van der Waals surface area contributed by atoms with E-state index in [1.165, 1.54) is 35.5 Å². The van der Waals surface area contributed by atoms with Gasteiger partial charge in [-0.2, -0.15) is 0 Å². The Morgan fingerprint density at radius 3 is 2.79 bits per heavy atom. The van der Waals surface area contributed by atoms with Gasteiger partial charge in [-0.15, -0.1) is 11.3 Å². The number of fused-ring (bicyclic) bond motifs is 1. The maximum absolute atomic E-state index is 11.9. The zero-order chi connectivity index (χ0) is 13.3. The van der Waals surface area contributed by atoms with Gasteiger partial charge < -0.3 is 5.32 Å². The highest BCUT2D eigenvalue weighted by atomic mass is 32.2. The number of sulfonamides is 1. The van der Waals surface area contributed by atoms with E-state index in [-0.39, 0.29) is 5.75 Å². The molecule has 1 fully saturated rings. The van der Waals surface area contributed by atoms with Gasteiger partial charge in [0.1, 0.15) is 0 Å². The number of hydrogen-bond donors (Lipinski definition) is 2. The molecule has 1 aromatic heterocycles. The maximum atomic E-state index is 11.9. The number of anilines is 1. The molecule has 1 saturated carbocycles. The SMILES string of the molecule is O=S(=O)(CCNC1CC1)Nc1nc2c(s1)CCCC2. The third-order valence-electron chi connectivity index (χ3n) is 3.47. The highest BCUT2D eigenvalue weighted by Crippen LogP contribution is 2.30. The summed E-state index contributed by atoms with van der Waals surface area (Å²) >= 11 is 1.49. The van der Waals surface area contributed by atoms with E-state index in [0.29, 0.717) is 17.7 Å². The van der Waals surface area contributed by atoms with Crippen molar-refractivity contribution in [2.75, 3.05) is 17.0 Å². The summed E-state index contributed by atoms with van der Waals surface area (Å²) in [5, 5.41) is 3.75. The topological polar surface area (TPSA) is 71.1 Å². The lowest BCUT2D eigenvalue weighted by Crippen LogP contribution is -2.27. The van der Waals surface area contributed by atoms with E-state index in [2.05, 4.69) is 15.0 Å². The van der Waals surface area contributed by atoms with Gasteiger partial charge in [-0.1, -0.05) is 0 Å². The highest BCUT2D eigenvalue weighted by Gasteiger charge is 2.22. The van der Waals surface area contributed by atoms with Crippen molar-refractivity contribution in [2.24, 2.45) is 0 Å². The van der Waals surface area contributed by atoms with Gasteiger partial charge in [0.15, 0.2) is 5.13 Å². The molecule has 0 unspecified atom stereocenters. The number of nitrogens with zero attached hydrogens (tertiary/aromatic N) is 1. The third-order valence-corrected chi connectivity index (χ3v) is 5.92. The van der Waals surface area contributed by atoms with Crippen LogP contribution in [0.15, 0.2) is 0 Å². The normalized spacial score (nSPS) is 19.2. The van der Waals surface area contributed by atoms with Crippen molar-refractivity contribution in [2.45, 2.75) is 44.6 Å². The molecule has 7 heteroatoms. The van der Waals surface area contributed by atoms with E-state index in [0.717, 1.165) is 25.0 Å². The quantitative estimate of drug-likeness (QED) is 0.835. The van der Waals surface area contributed by atoms with E-state index >= 15 is 0 Å². The van der Waals surface area contributed by atoms with E-state index in [9.17, 15) is 8.42 Å². The summed E-state index contributed by atoms with van der Waals surface area (Å²) < 4.78 is 26.5. The smallest absolute Gasteiger partial charge is 0.235 e. The zero-order valence-electron chi connectivity index (χ0n) is 10.8. The van der Waals surface area contributed by atoms with Crippen LogP contribution in [0.1, 0.15) is 36.3 Å². The Morgan fingerprint density at radius 2 is 2.05 bits per heavy atom. The minimum absolute atomic E-state index is 0.119. The molecule has 106 valence electrons. The molecule has 1 heterocycles. The monoisotopic (exact) mass is 301 g/mol. The predicted molar refractivity (Wildman–Crippen MR) is 77.2 cm³/mol. The number of nitrogens with one attached hydrogen (secondary N) is 2. The minimum atomic E-state index is -3.27. The molecule has 0 radical (unpaired) electrons. The first kappa shape index (κ1) is 13.3. The van der Waals surface area contributed by atoms with Crippen molar-refractivity contribution in [3.05, 3.63) is 10.6 Å². The van der Waals surface area contributed by atoms with Gasteiger partial charge in [-0.05, 0) is 38.5 Å². The first-order valence-electron chi connectivity index (χ1n) is 6.85. The first-order valence-corrected chi connectivity index (χ1v) is 9.32. The lowest BCUT2D eigenvalue weighted by Gasteiger charge is -2.06. The standard InChI is InChI=1S/C12H19N3O2S2/c16-19(17,8-7-13-9-5-6-9)15-12-14-10-3-1-2-4-11(10)18-12/h9,13H,1-8H2,(H,14,15).